The zero-order valence-electron chi connectivity index (χ0n) is 41.0. The van der Waals surface area contributed by atoms with Gasteiger partial charge in [-0.25, -0.2) is 0 Å². The molecular weight excluding hydrogens is 891 g/mol. The first-order valence-corrected chi connectivity index (χ1v) is 25.5. The highest BCUT2D eigenvalue weighted by molar-refractivity contribution is 6.26. The summed E-state index contributed by atoms with van der Waals surface area (Å²) in [7, 11) is 0. The molecule has 0 fully saturated rings. The smallest absolute Gasteiger partial charge is 0.159 e. The summed E-state index contributed by atoms with van der Waals surface area (Å²) in [6.45, 7) is 8.99. The van der Waals surface area contributed by atoms with Crippen LogP contribution in [0.15, 0.2) is 221 Å². The summed E-state index contributed by atoms with van der Waals surface area (Å²) in [4.78, 5) is 4.72. The molecule has 73 heavy (non-hydrogen) atoms. The number of rotatable bonds is 8. The number of hydrogen-bond acceptors (Lipinski definition) is 4. The Morgan fingerprint density at radius 1 is 0.329 bits per heavy atom. The van der Waals surface area contributed by atoms with E-state index in [2.05, 4.69) is 242 Å². The number of nitrogens with zero attached hydrogens (tertiary/aromatic N) is 3. The van der Waals surface area contributed by atoms with Crippen LogP contribution in [0.4, 0.5) is 34.1 Å². The predicted octanol–water partition coefficient (Wildman–Crippen LogP) is 20.1. The van der Waals surface area contributed by atoms with E-state index in [0.29, 0.717) is 11.8 Å². The van der Waals surface area contributed by atoms with Gasteiger partial charge < -0.3 is 23.0 Å². The fraction of sp³-hybridized carbons (Fsp3) is 0.0882. The molecule has 0 spiro atoms. The average molecular weight is 940 g/mol. The zero-order chi connectivity index (χ0) is 48.6. The Kier molecular flexibility index (Phi) is 8.98. The third-order valence-corrected chi connectivity index (χ3v) is 15.6. The Bertz CT molecular complexity index is 4390. The van der Waals surface area contributed by atoms with Crippen molar-refractivity contribution in [1.82, 2.24) is 4.40 Å². The van der Waals surface area contributed by atoms with Gasteiger partial charge in [0.1, 0.15) is 11.2 Å². The SMILES string of the molecule is CC(C)c1ccc(N(c2ccc3cc4c5cccc6c7cc8ccc(N(c9ccc(C(C)C)cc9)c9cccc%10c9oc9ccccc9%10)cc8cc7n(c4cc3c2)c56)c2cccc3c2oc2ccccc23)cc1. The van der Waals surface area contributed by atoms with Crippen molar-refractivity contribution in [1.29, 1.82) is 0 Å². The summed E-state index contributed by atoms with van der Waals surface area (Å²) >= 11 is 0. The number of anilines is 6. The lowest BCUT2D eigenvalue weighted by atomic mass is 10.0. The maximum absolute atomic E-state index is 6.70. The molecule has 0 bridgehead atoms. The van der Waals surface area contributed by atoms with E-state index in [-0.39, 0.29) is 0 Å². The Morgan fingerprint density at radius 3 is 1.18 bits per heavy atom. The Hall–Kier alpha value is -9.06. The molecular formula is C68H49N3O2. The van der Waals surface area contributed by atoms with Gasteiger partial charge in [0.15, 0.2) is 11.2 Å². The summed E-state index contributed by atoms with van der Waals surface area (Å²) < 4.78 is 15.9. The molecule has 5 nitrogen and oxygen atoms in total. The summed E-state index contributed by atoms with van der Waals surface area (Å²) in [5, 5.41) is 14.2. The number of fused-ring (bicyclic) bond motifs is 14. The van der Waals surface area contributed by atoms with E-state index >= 15 is 0 Å². The van der Waals surface area contributed by atoms with Gasteiger partial charge in [-0.15, -0.1) is 0 Å². The van der Waals surface area contributed by atoms with Crippen LogP contribution in [0.2, 0.25) is 0 Å². The van der Waals surface area contributed by atoms with Gasteiger partial charge in [-0.1, -0.05) is 143 Å². The largest absolute Gasteiger partial charge is 0.454 e. The molecule has 348 valence electrons. The van der Waals surface area contributed by atoms with Crippen LogP contribution in [0.1, 0.15) is 50.7 Å². The topological polar surface area (TPSA) is 37.2 Å². The van der Waals surface area contributed by atoms with Crippen molar-refractivity contribution in [2.45, 2.75) is 39.5 Å². The van der Waals surface area contributed by atoms with Crippen molar-refractivity contribution < 1.29 is 8.83 Å². The first kappa shape index (κ1) is 41.7. The summed E-state index contributed by atoms with van der Waals surface area (Å²) in [5.41, 5.74) is 16.1. The van der Waals surface area contributed by atoms with E-state index in [0.717, 1.165) is 78.0 Å². The van der Waals surface area contributed by atoms with E-state index in [1.807, 2.05) is 12.1 Å². The normalized spacial score (nSPS) is 12.4. The molecule has 11 aromatic carbocycles. The lowest BCUT2D eigenvalue weighted by Crippen LogP contribution is -2.10. The van der Waals surface area contributed by atoms with Crippen molar-refractivity contribution in [2.24, 2.45) is 0 Å². The molecule has 4 heterocycles. The molecule has 4 aromatic heterocycles. The Morgan fingerprint density at radius 2 is 0.726 bits per heavy atom. The minimum Gasteiger partial charge on any atom is -0.454 e. The molecule has 0 saturated carbocycles. The van der Waals surface area contributed by atoms with Crippen molar-refractivity contribution in [3.8, 4) is 0 Å². The third-order valence-electron chi connectivity index (χ3n) is 15.6. The van der Waals surface area contributed by atoms with E-state index in [1.54, 1.807) is 0 Å². The van der Waals surface area contributed by atoms with Crippen LogP contribution < -0.4 is 9.80 Å². The molecule has 0 radical (unpaired) electrons. The van der Waals surface area contributed by atoms with Crippen molar-refractivity contribution in [2.75, 3.05) is 9.80 Å². The second-order valence-electron chi connectivity index (χ2n) is 20.5. The van der Waals surface area contributed by atoms with Gasteiger partial charge in [-0.05, 0) is 142 Å². The van der Waals surface area contributed by atoms with Crippen molar-refractivity contribution in [3.63, 3.8) is 0 Å². The lowest BCUT2D eigenvalue weighted by molar-refractivity contribution is 0.668. The molecule has 0 unspecified atom stereocenters. The molecule has 0 atom stereocenters. The Labute approximate surface area is 421 Å². The van der Waals surface area contributed by atoms with Crippen LogP contribution in [0.3, 0.4) is 0 Å². The molecule has 0 amide bonds. The standard InChI is InChI=1S/C68H49N3O2/c1-40(2)42-22-28-48(29-23-42)69(60-18-10-16-56-52-12-5-7-20-64(52)72-67(56)60)50-32-26-44-36-58-54-14-9-15-55-59-37-45-27-33-51(35-47(45)39-63(59)71(66(54)55)62(58)38-46(44)34-50)70(49-30-24-43(25-31-49)41(3)4)61-19-11-17-57-53-13-6-8-21-65(53)73-68(57)61/h5-41H,1-4H3. The van der Waals surface area contributed by atoms with Crippen LogP contribution in [0.5, 0.6) is 0 Å². The number of aromatic nitrogens is 1. The number of furan rings is 2. The first-order chi connectivity index (χ1) is 35.8. The fourth-order valence-electron chi connectivity index (χ4n) is 11.9. The molecule has 0 aliphatic heterocycles. The van der Waals surface area contributed by atoms with Crippen molar-refractivity contribution >= 4 is 138 Å². The second-order valence-corrected chi connectivity index (χ2v) is 20.5. The van der Waals surface area contributed by atoms with Gasteiger partial charge >= 0.3 is 0 Å². The second kappa shape index (κ2) is 15.7. The molecule has 0 N–H and O–H groups in total. The highest BCUT2D eigenvalue weighted by Crippen LogP contribution is 2.47. The molecule has 0 saturated heterocycles. The van der Waals surface area contributed by atoms with Crippen LogP contribution in [-0.4, -0.2) is 4.40 Å². The van der Waals surface area contributed by atoms with Crippen molar-refractivity contribution in [3.05, 3.63) is 223 Å². The van der Waals surface area contributed by atoms with E-state index in [4.69, 9.17) is 8.83 Å². The molecule has 15 aromatic rings. The van der Waals surface area contributed by atoms with Crippen LogP contribution >= 0.6 is 0 Å². The maximum atomic E-state index is 6.70. The minimum absolute atomic E-state index is 0.427. The van der Waals surface area contributed by atoms with E-state index < -0.39 is 0 Å². The summed E-state index contributed by atoms with van der Waals surface area (Å²) in [6, 6.07) is 77.9. The third kappa shape index (κ3) is 6.28. The van der Waals surface area contributed by atoms with Gasteiger partial charge in [-0.3, -0.25) is 0 Å². The first-order valence-electron chi connectivity index (χ1n) is 25.5. The van der Waals surface area contributed by atoms with E-state index in [1.165, 1.54) is 70.8 Å². The highest BCUT2D eigenvalue weighted by atomic mass is 16.3. The number of para-hydroxylation sites is 5. The molecule has 15 rings (SSSR count). The minimum atomic E-state index is 0.427. The monoisotopic (exact) mass is 939 g/mol. The maximum Gasteiger partial charge on any atom is 0.159 e. The van der Waals surface area contributed by atoms with Gasteiger partial charge in [-0.2, -0.15) is 0 Å². The van der Waals surface area contributed by atoms with E-state index in [9.17, 15) is 0 Å². The van der Waals surface area contributed by atoms with Crippen LogP contribution in [0.25, 0.3) is 104 Å². The van der Waals surface area contributed by atoms with Gasteiger partial charge in [0.2, 0.25) is 0 Å². The molecule has 5 heteroatoms. The summed E-state index contributed by atoms with van der Waals surface area (Å²) in [5.74, 6) is 0.853. The summed E-state index contributed by atoms with van der Waals surface area (Å²) in [6.07, 6.45) is 0. The average Bonchev–Trinajstić information content (AvgIpc) is 4.18. The quantitative estimate of drug-likeness (QED) is 0.152. The van der Waals surface area contributed by atoms with Gasteiger partial charge in [0.05, 0.1) is 27.9 Å². The highest BCUT2D eigenvalue weighted by Gasteiger charge is 2.24. The Balaban J connectivity index is 0.926. The van der Waals surface area contributed by atoms with Crippen LogP contribution in [-0.2, 0) is 0 Å². The van der Waals surface area contributed by atoms with Gasteiger partial charge in [0, 0.05) is 65.8 Å². The van der Waals surface area contributed by atoms with Crippen LogP contribution in [0, 0.1) is 0 Å². The number of benzene rings is 11. The molecule has 0 aliphatic rings. The molecule has 0 aliphatic carbocycles. The zero-order valence-corrected chi connectivity index (χ0v) is 41.0. The number of hydrogen-bond donors (Lipinski definition) is 0. The predicted molar refractivity (Wildman–Crippen MR) is 308 cm³/mol. The lowest BCUT2D eigenvalue weighted by Gasteiger charge is -2.26. The fourth-order valence-corrected chi connectivity index (χ4v) is 11.9. The van der Waals surface area contributed by atoms with Gasteiger partial charge in [0.25, 0.3) is 0 Å².